The van der Waals surface area contributed by atoms with Gasteiger partial charge in [-0.3, -0.25) is 0 Å². The molecule has 0 saturated heterocycles. The first-order chi connectivity index (χ1) is 12.3. The van der Waals surface area contributed by atoms with Gasteiger partial charge in [0.15, 0.2) is 0 Å². The van der Waals surface area contributed by atoms with Crippen LogP contribution in [0, 0.1) is 0 Å². The van der Waals surface area contributed by atoms with Crippen LogP contribution in [0.1, 0.15) is 117 Å². The molecule has 0 atom stereocenters. The van der Waals surface area contributed by atoms with Crippen LogP contribution in [0.5, 0.6) is 0 Å². The van der Waals surface area contributed by atoms with Gasteiger partial charge in [-0.2, -0.15) is 5.12 Å². The summed E-state index contributed by atoms with van der Waals surface area (Å²) in [4.78, 5) is 0. The Morgan fingerprint density at radius 3 is 1.72 bits per heavy atom. The summed E-state index contributed by atoms with van der Waals surface area (Å²) in [5.74, 6) is 0. The van der Waals surface area contributed by atoms with Gasteiger partial charge in [-0.1, -0.05) is 97.8 Å². The van der Waals surface area contributed by atoms with Gasteiger partial charge in [0.25, 0.3) is 0 Å². The van der Waals surface area contributed by atoms with Crippen molar-refractivity contribution in [1.29, 1.82) is 0 Å². The van der Waals surface area contributed by atoms with E-state index in [4.69, 9.17) is 0 Å². The molecule has 0 bridgehead atoms. The van der Waals surface area contributed by atoms with Crippen LogP contribution in [0.4, 0.5) is 0 Å². The van der Waals surface area contributed by atoms with Crippen molar-refractivity contribution in [3.8, 4) is 0 Å². The van der Waals surface area contributed by atoms with Gasteiger partial charge in [0.1, 0.15) is 0 Å². The van der Waals surface area contributed by atoms with Gasteiger partial charge in [0, 0.05) is 25.7 Å². The van der Waals surface area contributed by atoms with E-state index >= 15 is 0 Å². The Hall–Kier alpha value is -0.120. The predicted octanol–water partition coefficient (Wildman–Crippen LogP) is 6.30. The second kappa shape index (κ2) is 16.1. The molecule has 150 valence electrons. The Morgan fingerprint density at radius 1 is 0.680 bits per heavy atom. The lowest BCUT2D eigenvalue weighted by Crippen LogP contribution is -2.56. The maximum absolute atomic E-state index is 3.78. The highest BCUT2D eigenvalue weighted by Crippen LogP contribution is 2.22. The van der Waals surface area contributed by atoms with Crippen molar-refractivity contribution >= 4 is 0 Å². The first kappa shape index (κ1) is 22.9. The van der Waals surface area contributed by atoms with E-state index < -0.39 is 0 Å². The minimum atomic E-state index is 0.719. The summed E-state index contributed by atoms with van der Waals surface area (Å²) in [6.45, 7) is 10.2. The van der Waals surface area contributed by atoms with Gasteiger partial charge in [-0.05, 0) is 19.3 Å². The van der Waals surface area contributed by atoms with Crippen molar-refractivity contribution in [2.75, 3.05) is 19.6 Å². The molecule has 0 radical (unpaired) electrons. The van der Waals surface area contributed by atoms with Crippen molar-refractivity contribution < 1.29 is 0 Å². The minimum Gasteiger partial charge on any atom is -0.241 e. The number of hydrogen-bond acceptors (Lipinski definition) is 3. The third kappa shape index (κ3) is 10.6. The zero-order chi connectivity index (χ0) is 18.2. The number of hydrogen-bond donors (Lipinski definition) is 1. The fourth-order valence-corrected chi connectivity index (χ4v) is 4.12. The number of hydrazine groups is 2. The molecule has 0 heterocycles. The van der Waals surface area contributed by atoms with E-state index in [0.29, 0.717) is 0 Å². The molecule has 1 aliphatic rings. The minimum absolute atomic E-state index is 0.719. The molecule has 25 heavy (non-hydrogen) atoms. The quantitative estimate of drug-likeness (QED) is 0.259. The highest BCUT2D eigenvalue weighted by atomic mass is 15.8. The summed E-state index contributed by atoms with van der Waals surface area (Å²) in [5.41, 5.74) is 3.78. The smallest absolute Gasteiger partial charge is 0.0402 e. The Morgan fingerprint density at radius 2 is 1.20 bits per heavy atom. The summed E-state index contributed by atoms with van der Waals surface area (Å²) >= 11 is 0. The fraction of sp³-hybridized carbons (Fsp3) is 1.00. The Balaban J connectivity index is 2.09. The summed E-state index contributed by atoms with van der Waals surface area (Å²) in [6, 6.07) is 0.719. The summed E-state index contributed by atoms with van der Waals surface area (Å²) in [5, 5.41) is 5.00. The van der Waals surface area contributed by atoms with Crippen molar-refractivity contribution in [2.45, 2.75) is 123 Å². The number of unbranched alkanes of at least 4 members (excludes halogenated alkanes) is 9. The van der Waals surface area contributed by atoms with E-state index in [-0.39, 0.29) is 0 Å². The Labute approximate surface area is 158 Å². The molecular formula is C22H47N3. The summed E-state index contributed by atoms with van der Waals surface area (Å²) in [7, 11) is 0. The lowest BCUT2D eigenvalue weighted by molar-refractivity contribution is -0.107. The van der Waals surface area contributed by atoms with Crippen LogP contribution in [0.15, 0.2) is 0 Å². The lowest BCUT2D eigenvalue weighted by Gasteiger charge is -2.41. The molecule has 0 amide bonds. The van der Waals surface area contributed by atoms with Crippen LogP contribution in [-0.2, 0) is 0 Å². The highest BCUT2D eigenvalue weighted by Gasteiger charge is 2.24. The van der Waals surface area contributed by atoms with Crippen molar-refractivity contribution in [1.82, 2.24) is 15.6 Å². The van der Waals surface area contributed by atoms with Crippen LogP contribution >= 0.6 is 0 Å². The van der Waals surface area contributed by atoms with Gasteiger partial charge in [-0.25, -0.2) is 10.4 Å². The maximum Gasteiger partial charge on any atom is 0.0402 e. The van der Waals surface area contributed by atoms with Gasteiger partial charge < -0.3 is 0 Å². The molecule has 0 aromatic heterocycles. The Bertz CT molecular complexity index is 272. The van der Waals surface area contributed by atoms with E-state index in [0.717, 1.165) is 25.7 Å². The zero-order valence-electron chi connectivity index (χ0n) is 17.7. The maximum atomic E-state index is 3.78. The summed E-state index contributed by atoms with van der Waals surface area (Å²) < 4.78 is 0. The topological polar surface area (TPSA) is 18.5 Å². The monoisotopic (exact) mass is 353 g/mol. The first-order valence-corrected chi connectivity index (χ1v) is 11.6. The highest BCUT2D eigenvalue weighted by molar-refractivity contribution is 4.72. The third-order valence-electron chi connectivity index (χ3n) is 5.76. The van der Waals surface area contributed by atoms with Crippen molar-refractivity contribution in [2.24, 2.45) is 0 Å². The zero-order valence-corrected chi connectivity index (χ0v) is 17.7. The fourth-order valence-electron chi connectivity index (χ4n) is 4.12. The second-order valence-electron chi connectivity index (χ2n) is 7.87. The predicted molar refractivity (Wildman–Crippen MR) is 111 cm³/mol. The lowest BCUT2D eigenvalue weighted by atomic mass is 9.96. The molecule has 0 unspecified atom stereocenters. The molecule has 0 aromatic carbocycles. The van der Waals surface area contributed by atoms with Crippen LogP contribution in [-0.4, -0.2) is 35.8 Å². The number of nitrogens with zero attached hydrogens (tertiary/aromatic N) is 2. The van der Waals surface area contributed by atoms with Crippen molar-refractivity contribution in [3.63, 3.8) is 0 Å². The normalized spacial score (nSPS) is 16.2. The number of nitrogens with one attached hydrogen (secondary N) is 1. The third-order valence-corrected chi connectivity index (χ3v) is 5.76. The van der Waals surface area contributed by atoms with Gasteiger partial charge >= 0.3 is 0 Å². The van der Waals surface area contributed by atoms with E-state index in [1.165, 1.54) is 96.3 Å². The van der Waals surface area contributed by atoms with E-state index in [2.05, 4.69) is 36.3 Å². The Kier molecular flexibility index (Phi) is 14.7. The molecule has 3 heteroatoms. The van der Waals surface area contributed by atoms with E-state index in [1.54, 1.807) is 0 Å². The van der Waals surface area contributed by atoms with Gasteiger partial charge in [0.05, 0.1) is 0 Å². The average Bonchev–Trinajstić information content (AvgIpc) is 2.66. The molecule has 3 nitrogen and oxygen atoms in total. The van der Waals surface area contributed by atoms with E-state index in [1.807, 2.05) is 0 Å². The van der Waals surface area contributed by atoms with Crippen molar-refractivity contribution in [3.05, 3.63) is 0 Å². The van der Waals surface area contributed by atoms with Crippen LogP contribution < -0.4 is 5.43 Å². The number of rotatable bonds is 16. The second-order valence-corrected chi connectivity index (χ2v) is 7.87. The molecule has 1 saturated carbocycles. The van der Waals surface area contributed by atoms with Crippen LogP contribution in [0.3, 0.4) is 0 Å². The molecule has 1 rings (SSSR count). The van der Waals surface area contributed by atoms with Gasteiger partial charge in [0.2, 0.25) is 0 Å². The first-order valence-electron chi connectivity index (χ1n) is 11.6. The van der Waals surface area contributed by atoms with Crippen LogP contribution in [0.2, 0.25) is 0 Å². The molecule has 0 spiro atoms. The standard InChI is InChI=1S/C22H47N3/c1-4-7-8-9-10-11-12-13-14-18-21-23-25(24(5-2)6-3)22-19-16-15-17-20-22/h22-23H,4-21H2,1-3H3. The molecule has 0 aliphatic heterocycles. The molecular weight excluding hydrogens is 306 g/mol. The molecule has 1 aliphatic carbocycles. The SMILES string of the molecule is CCCCCCCCCCCCNN(C1CCCCC1)N(CC)CC. The van der Waals surface area contributed by atoms with Gasteiger partial charge in [-0.15, -0.1) is 0 Å². The molecule has 1 fully saturated rings. The van der Waals surface area contributed by atoms with E-state index in [9.17, 15) is 0 Å². The summed E-state index contributed by atoms with van der Waals surface area (Å²) in [6.07, 6.45) is 21.1. The molecule has 0 aromatic rings. The van der Waals surface area contributed by atoms with Crippen LogP contribution in [0.25, 0.3) is 0 Å². The average molecular weight is 354 g/mol. The molecule has 1 N–H and O–H groups in total. The largest absolute Gasteiger partial charge is 0.241 e.